The normalized spacial score (nSPS) is 10.3. The van der Waals surface area contributed by atoms with Crippen molar-refractivity contribution in [3.8, 4) is 0 Å². The lowest BCUT2D eigenvalue weighted by molar-refractivity contribution is 0.896. The summed E-state index contributed by atoms with van der Waals surface area (Å²) in [5, 5.41) is 0. The van der Waals surface area contributed by atoms with Crippen LogP contribution in [0.25, 0.3) is 0 Å². The Hall–Kier alpha value is -0.430. The van der Waals surface area contributed by atoms with E-state index >= 15 is 0 Å². The molecule has 72 valence electrons. The number of hydrogen-bond acceptors (Lipinski definition) is 1. The van der Waals surface area contributed by atoms with E-state index in [-0.39, 0.29) is 0 Å². The SMILES string of the molecule is CCCCSCc1cccc(C)c1. The first kappa shape index (κ1) is 10.6. The molecule has 0 fully saturated rings. The molecule has 1 aromatic rings. The summed E-state index contributed by atoms with van der Waals surface area (Å²) in [6.45, 7) is 4.40. The van der Waals surface area contributed by atoms with Gasteiger partial charge >= 0.3 is 0 Å². The molecule has 1 aromatic carbocycles. The molecular formula is C12H18S. The molecular weight excluding hydrogens is 176 g/mol. The summed E-state index contributed by atoms with van der Waals surface area (Å²) in [6.07, 6.45) is 2.65. The first-order valence-corrected chi connectivity index (χ1v) is 6.11. The van der Waals surface area contributed by atoms with Crippen LogP contribution < -0.4 is 0 Å². The molecule has 0 atom stereocenters. The second-order valence-corrected chi connectivity index (χ2v) is 4.50. The predicted octanol–water partition coefficient (Wildman–Crippen LogP) is 4.03. The molecule has 1 heteroatoms. The minimum absolute atomic E-state index is 1.17. The van der Waals surface area contributed by atoms with Crippen LogP contribution in [0.5, 0.6) is 0 Å². The zero-order valence-electron chi connectivity index (χ0n) is 8.55. The van der Waals surface area contributed by atoms with Gasteiger partial charge in [0.05, 0.1) is 0 Å². The van der Waals surface area contributed by atoms with Gasteiger partial charge in [-0.05, 0) is 24.7 Å². The van der Waals surface area contributed by atoms with Gasteiger partial charge in [-0.2, -0.15) is 11.8 Å². The lowest BCUT2D eigenvalue weighted by atomic mass is 10.2. The molecule has 0 unspecified atom stereocenters. The lowest BCUT2D eigenvalue weighted by Gasteiger charge is -2.01. The molecule has 0 aliphatic carbocycles. The number of thioether (sulfide) groups is 1. The molecule has 1 rings (SSSR count). The van der Waals surface area contributed by atoms with Gasteiger partial charge in [0.2, 0.25) is 0 Å². The third kappa shape index (κ3) is 4.37. The van der Waals surface area contributed by atoms with Crippen molar-refractivity contribution in [2.24, 2.45) is 0 Å². The Bertz CT molecular complexity index is 243. The minimum atomic E-state index is 1.17. The monoisotopic (exact) mass is 194 g/mol. The van der Waals surface area contributed by atoms with Crippen LogP contribution in [0, 0.1) is 6.92 Å². The van der Waals surface area contributed by atoms with Crippen molar-refractivity contribution in [1.29, 1.82) is 0 Å². The third-order valence-corrected chi connectivity index (χ3v) is 3.11. The van der Waals surface area contributed by atoms with Gasteiger partial charge in [0, 0.05) is 5.75 Å². The zero-order valence-corrected chi connectivity index (χ0v) is 9.36. The lowest BCUT2D eigenvalue weighted by Crippen LogP contribution is -1.84. The highest BCUT2D eigenvalue weighted by Crippen LogP contribution is 2.14. The predicted molar refractivity (Wildman–Crippen MR) is 62.2 cm³/mol. The van der Waals surface area contributed by atoms with E-state index in [0.717, 1.165) is 0 Å². The van der Waals surface area contributed by atoms with E-state index in [2.05, 4.69) is 38.1 Å². The Morgan fingerprint density at radius 2 is 2.15 bits per heavy atom. The molecule has 0 radical (unpaired) electrons. The van der Waals surface area contributed by atoms with E-state index in [1.807, 2.05) is 11.8 Å². The Balaban J connectivity index is 2.28. The molecule has 13 heavy (non-hydrogen) atoms. The van der Waals surface area contributed by atoms with Crippen molar-refractivity contribution in [3.05, 3.63) is 35.4 Å². The Labute approximate surface area is 85.7 Å². The van der Waals surface area contributed by atoms with Crippen LogP contribution in [0.15, 0.2) is 24.3 Å². The Kier molecular flexibility index (Phi) is 4.99. The molecule has 0 heterocycles. The summed E-state index contributed by atoms with van der Waals surface area (Å²) in [7, 11) is 0. The first-order valence-electron chi connectivity index (χ1n) is 4.96. The number of benzene rings is 1. The van der Waals surface area contributed by atoms with E-state index in [4.69, 9.17) is 0 Å². The highest BCUT2D eigenvalue weighted by atomic mass is 32.2. The molecule has 0 bridgehead atoms. The van der Waals surface area contributed by atoms with Crippen molar-refractivity contribution in [3.63, 3.8) is 0 Å². The fourth-order valence-electron chi connectivity index (χ4n) is 1.24. The summed E-state index contributed by atoms with van der Waals surface area (Å²) in [5.74, 6) is 2.46. The molecule has 0 aromatic heterocycles. The van der Waals surface area contributed by atoms with E-state index in [9.17, 15) is 0 Å². The minimum Gasteiger partial charge on any atom is -0.157 e. The van der Waals surface area contributed by atoms with E-state index in [1.165, 1.54) is 35.5 Å². The molecule has 0 nitrogen and oxygen atoms in total. The maximum atomic E-state index is 2.28. The van der Waals surface area contributed by atoms with Crippen LogP contribution in [0.4, 0.5) is 0 Å². The fourth-order valence-corrected chi connectivity index (χ4v) is 2.29. The quantitative estimate of drug-likeness (QED) is 0.638. The van der Waals surface area contributed by atoms with Gasteiger partial charge in [0.1, 0.15) is 0 Å². The molecule has 0 spiro atoms. The van der Waals surface area contributed by atoms with Crippen LogP contribution in [-0.2, 0) is 5.75 Å². The largest absolute Gasteiger partial charge is 0.157 e. The smallest absolute Gasteiger partial charge is 0.0184 e. The van der Waals surface area contributed by atoms with Crippen molar-refractivity contribution >= 4 is 11.8 Å². The van der Waals surface area contributed by atoms with Crippen LogP contribution in [-0.4, -0.2) is 5.75 Å². The molecule has 0 N–H and O–H groups in total. The van der Waals surface area contributed by atoms with Gasteiger partial charge in [-0.15, -0.1) is 0 Å². The maximum absolute atomic E-state index is 2.28. The molecule has 0 aliphatic rings. The Morgan fingerprint density at radius 1 is 1.31 bits per heavy atom. The summed E-state index contributed by atoms with van der Waals surface area (Å²) in [5.41, 5.74) is 2.83. The third-order valence-electron chi connectivity index (χ3n) is 1.99. The topological polar surface area (TPSA) is 0 Å². The first-order chi connectivity index (χ1) is 6.33. The van der Waals surface area contributed by atoms with Crippen LogP contribution >= 0.6 is 11.8 Å². The van der Waals surface area contributed by atoms with E-state index < -0.39 is 0 Å². The second kappa shape index (κ2) is 6.09. The van der Waals surface area contributed by atoms with Gasteiger partial charge in [0.25, 0.3) is 0 Å². The summed E-state index contributed by atoms with van der Waals surface area (Å²) in [4.78, 5) is 0. The van der Waals surface area contributed by atoms with Gasteiger partial charge in [-0.1, -0.05) is 43.2 Å². The van der Waals surface area contributed by atoms with Gasteiger partial charge in [-0.25, -0.2) is 0 Å². The van der Waals surface area contributed by atoms with Gasteiger partial charge in [-0.3, -0.25) is 0 Å². The highest BCUT2D eigenvalue weighted by molar-refractivity contribution is 7.98. The standard InChI is InChI=1S/C12H18S/c1-3-4-8-13-10-12-7-5-6-11(2)9-12/h5-7,9H,3-4,8,10H2,1-2H3. The average molecular weight is 194 g/mol. The molecule has 0 saturated heterocycles. The highest BCUT2D eigenvalue weighted by Gasteiger charge is 1.93. The van der Waals surface area contributed by atoms with Gasteiger partial charge in [0.15, 0.2) is 0 Å². The van der Waals surface area contributed by atoms with Crippen LogP contribution in [0.1, 0.15) is 30.9 Å². The number of hydrogen-bond donors (Lipinski definition) is 0. The van der Waals surface area contributed by atoms with E-state index in [0.29, 0.717) is 0 Å². The molecule has 0 saturated carbocycles. The van der Waals surface area contributed by atoms with Crippen LogP contribution in [0.3, 0.4) is 0 Å². The summed E-state index contributed by atoms with van der Waals surface area (Å²) >= 11 is 2.04. The summed E-state index contributed by atoms with van der Waals surface area (Å²) in [6, 6.07) is 8.79. The number of aryl methyl sites for hydroxylation is 1. The average Bonchev–Trinajstić information content (AvgIpc) is 2.13. The van der Waals surface area contributed by atoms with Crippen molar-refractivity contribution in [2.45, 2.75) is 32.4 Å². The zero-order chi connectivity index (χ0) is 9.52. The van der Waals surface area contributed by atoms with Crippen molar-refractivity contribution in [1.82, 2.24) is 0 Å². The second-order valence-electron chi connectivity index (χ2n) is 3.40. The number of unbranched alkanes of at least 4 members (excludes halogenated alkanes) is 1. The Morgan fingerprint density at radius 3 is 2.85 bits per heavy atom. The number of rotatable bonds is 5. The van der Waals surface area contributed by atoms with E-state index in [1.54, 1.807) is 0 Å². The van der Waals surface area contributed by atoms with Crippen molar-refractivity contribution < 1.29 is 0 Å². The molecule has 0 aliphatic heterocycles. The summed E-state index contributed by atoms with van der Waals surface area (Å²) < 4.78 is 0. The maximum Gasteiger partial charge on any atom is 0.0184 e. The van der Waals surface area contributed by atoms with Gasteiger partial charge < -0.3 is 0 Å². The van der Waals surface area contributed by atoms with Crippen LogP contribution in [0.2, 0.25) is 0 Å². The molecule has 0 amide bonds. The van der Waals surface area contributed by atoms with Crippen molar-refractivity contribution in [2.75, 3.05) is 5.75 Å². The fraction of sp³-hybridized carbons (Fsp3) is 0.500.